The maximum atomic E-state index is 13.8. The number of nitrogens with two attached hydrogens (primary N) is 1. The van der Waals surface area contributed by atoms with E-state index in [1.54, 1.807) is 18.2 Å². The van der Waals surface area contributed by atoms with E-state index in [4.69, 9.17) is 17.3 Å². The maximum Gasteiger partial charge on any atom is 0.146 e. The first kappa shape index (κ1) is 13.8. The molecule has 0 radical (unpaired) electrons. The van der Waals surface area contributed by atoms with Crippen molar-refractivity contribution in [3.05, 3.63) is 64.9 Å². The van der Waals surface area contributed by atoms with Crippen molar-refractivity contribution >= 4 is 17.3 Å². The number of anilines is 1. The fraction of sp³-hybridized carbons (Fsp3) is 0.200. The topological polar surface area (TPSA) is 29.3 Å². The van der Waals surface area contributed by atoms with E-state index in [1.807, 2.05) is 36.2 Å². The lowest BCUT2D eigenvalue weighted by molar-refractivity contribution is 0.603. The molecule has 0 aliphatic heterocycles. The van der Waals surface area contributed by atoms with Crippen molar-refractivity contribution in [1.82, 2.24) is 0 Å². The van der Waals surface area contributed by atoms with Gasteiger partial charge in [-0.1, -0.05) is 35.9 Å². The molecular formula is C15H16ClFN2. The second-order valence-corrected chi connectivity index (χ2v) is 4.81. The monoisotopic (exact) mass is 278 g/mol. The Kier molecular flexibility index (Phi) is 4.40. The van der Waals surface area contributed by atoms with Crippen LogP contribution < -0.4 is 10.6 Å². The van der Waals surface area contributed by atoms with Crippen LogP contribution >= 0.6 is 11.6 Å². The molecule has 2 nitrogen and oxygen atoms in total. The highest BCUT2D eigenvalue weighted by atomic mass is 35.5. The average Bonchev–Trinajstić information content (AvgIpc) is 2.40. The third-order valence-corrected chi connectivity index (χ3v) is 3.39. The quantitative estimate of drug-likeness (QED) is 0.926. The number of halogens is 2. The normalized spacial score (nSPS) is 12.2. The first-order chi connectivity index (χ1) is 9.13. The summed E-state index contributed by atoms with van der Waals surface area (Å²) in [7, 11) is 1.83. The standard InChI is InChI=1S/C15H16ClFN2/c1-19(14-8-3-2-7-13(14)17)15(10-18)11-5-4-6-12(16)9-11/h2-9,15H,10,18H2,1H3. The minimum atomic E-state index is -0.259. The largest absolute Gasteiger partial charge is 0.364 e. The zero-order valence-electron chi connectivity index (χ0n) is 10.7. The molecule has 4 heteroatoms. The van der Waals surface area contributed by atoms with Gasteiger partial charge in [-0.05, 0) is 29.8 Å². The summed E-state index contributed by atoms with van der Waals surface area (Å²) in [6, 6.07) is 14.0. The zero-order valence-corrected chi connectivity index (χ0v) is 11.4. The van der Waals surface area contributed by atoms with Gasteiger partial charge in [0.2, 0.25) is 0 Å². The predicted octanol–water partition coefficient (Wildman–Crippen LogP) is 3.62. The lowest BCUT2D eigenvalue weighted by Crippen LogP contribution is -2.31. The Hall–Kier alpha value is -1.58. The van der Waals surface area contributed by atoms with Crippen LogP contribution in [0.15, 0.2) is 48.5 Å². The van der Waals surface area contributed by atoms with Crippen molar-refractivity contribution in [3.8, 4) is 0 Å². The molecule has 0 bridgehead atoms. The molecule has 1 atom stereocenters. The van der Waals surface area contributed by atoms with E-state index in [0.717, 1.165) is 5.56 Å². The lowest BCUT2D eigenvalue weighted by Gasteiger charge is -2.29. The number of hydrogen-bond acceptors (Lipinski definition) is 2. The summed E-state index contributed by atoms with van der Waals surface area (Å²) in [5.41, 5.74) is 7.33. The molecule has 0 spiro atoms. The lowest BCUT2D eigenvalue weighted by atomic mass is 10.1. The van der Waals surface area contributed by atoms with Crippen LogP contribution in [-0.2, 0) is 0 Å². The van der Waals surface area contributed by atoms with Crippen molar-refractivity contribution in [2.24, 2.45) is 5.73 Å². The van der Waals surface area contributed by atoms with Crippen LogP contribution in [0, 0.1) is 5.82 Å². The number of rotatable bonds is 4. The molecule has 19 heavy (non-hydrogen) atoms. The van der Waals surface area contributed by atoms with Crippen molar-refractivity contribution in [3.63, 3.8) is 0 Å². The van der Waals surface area contributed by atoms with Gasteiger partial charge in [-0.25, -0.2) is 4.39 Å². The molecule has 1 unspecified atom stereocenters. The van der Waals surface area contributed by atoms with Gasteiger partial charge in [0, 0.05) is 18.6 Å². The Bertz CT molecular complexity index is 559. The summed E-state index contributed by atoms with van der Waals surface area (Å²) in [6.45, 7) is 0.380. The Labute approximate surface area is 117 Å². The molecular weight excluding hydrogens is 263 g/mol. The number of nitrogens with zero attached hydrogens (tertiary/aromatic N) is 1. The van der Waals surface area contributed by atoms with Crippen LogP contribution in [0.4, 0.5) is 10.1 Å². The smallest absolute Gasteiger partial charge is 0.146 e. The second kappa shape index (κ2) is 6.04. The molecule has 0 aromatic heterocycles. The minimum absolute atomic E-state index is 0.115. The first-order valence-electron chi connectivity index (χ1n) is 6.06. The van der Waals surface area contributed by atoms with Gasteiger partial charge in [0.15, 0.2) is 0 Å². The number of likely N-dealkylation sites (N-methyl/N-ethyl adjacent to an activating group) is 1. The van der Waals surface area contributed by atoms with E-state index in [0.29, 0.717) is 17.3 Å². The SMILES string of the molecule is CN(c1ccccc1F)C(CN)c1cccc(Cl)c1. The Balaban J connectivity index is 2.35. The van der Waals surface area contributed by atoms with E-state index in [9.17, 15) is 4.39 Å². The highest BCUT2D eigenvalue weighted by Crippen LogP contribution is 2.28. The fourth-order valence-electron chi connectivity index (χ4n) is 2.14. The molecule has 2 aromatic carbocycles. The van der Waals surface area contributed by atoms with E-state index in [1.165, 1.54) is 6.07 Å². The fourth-order valence-corrected chi connectivity index (χ4v) is 2.34. The van der Waals surface area contributed by atoms with Gasteiger partial charge in [0.05, 0.1) is 11.7 Å². The first-order valence-corrected chi connectivity index (χ1v) is 6.44. The predicted molar refractivity (Wildman–Crippen MR) is 78.1 cm³/mol. The molecule has 2 N–H and O–H groups in total. The van der Waals surface area contributed by atoms with Gasteiger partial charge in [-0.15, -0.1) is 0 Å². The van der Waals surface area contributed by atoms with Gasteiger partial charge < -0.3 is 10.6 Å². The molecule has 0 aliphatic rings. The van der Waals surface area contributed by atoms with Gasteiger partial charge >= 0.3 is 0 Å². The molecule has 2 aromatic rings. The minimum Gasteiger partial charge on any atom is -0.364 e. The van der Waals surface area contributed by atoms with Gasteiger partial charge in [-0.2, -0.15) is 0 Å². The number of hydrogen-bond donors (Lipinski definition) is 1. The molecule has 0 fully saturated rings. The van der Waals surface area contributed by atoms with Crippen molar-refractivity contribution in [1.29, 1.82) is 0 Å². The Morgan fingerprint density at radius 3 is 2.58 bits per heavy atom. The maximum absolute atomic E-state index is 13.8. The summed E-state index contributed by atoms with van der Waals surface area (Å²) in [5.74, 6) is -0.259. The van der Waals surface area contributed by atoms with Crippen molar-refractivity contribution < 1.29 is 4.39 Å². The zero-order chi connectivity index (χ0) is 13.8. The summed E-state index contributed by atoms with van der Waals surface area (Å²) >= 11 is 5.99. The van der Waals surface area contributed by atoms with E-state index in [2.05, 4.69) is 0 Å². The van der Waals surface area contributed by atoms with Gasteiger partial charge in [0.25, 0.3) is 0 Å². The van der Waals surface area contributed by atoms with E-state index < -0.39 is 0 Å². The van der Waals surface area contributed by atoms with Gasteiger partial charge in [-0.3, -0.25) is 0 Å². The van der Waals surface area contributed by atoms with Crippen LogP contribution in [0.3, 0.4) is 0 Å². The van der Waals surface area contributed by atoms with Crippen LogP contribution in [-0.4, -0.2) is 13.6 Å². The third kappa shape index (κ3) is 3.06. The molecule has 100 valence electrons. The molecule has 0 saturated heterocycles. The number of para-hydroxylation sites is 1. The molecule has 2 rings (SSSR count). The van der Waals surface area contributed by atoms with E-state index in [-0.39, 0.29) is 11.9 Å². The average molecular weight is 279 g/mol. The Morgan fingerprint density at radius 1 is 1.21 bits per heavy atom. The molecule has 0 aliphatic carbocycles. The summed E-state index contributed by atoms with van der Waals surface area (Å²) in [6.07, 6.45) is 0. The van der Waals surface area contributed by atoms with E-state index >= 15 is 0 Å². The van der Waals surface area contributed by atoms with Crippen LogP contribution in [0.1, 0.15) is 11.6 Å². The van der Waals surface area contributed by atoms with Crippen molar-refractivity contribution in [2.45, 2.75) is 6.04 Å². The van der Waals surface area contributed by atoms with Crippen LogP contribution in [0.5, 0.6) is 0 Å². The summed E-state index contributed by atoms with van der Waals surface area (Å²) in [4.78, 5) is 1.83. The summed E-state index contributed by atoms with van der Waals surface area (Å²) in [5, 5.41) is 0.651. The Morgan fingerprint density at radius 2 is 1.95 bits per heavy atom. The molecule has 0 saturated carbocycles. The molecule has 0 amide bonds. The molecule has 0 heterocycles. The summed E-state index contributed by atoms with van der Waals surface area (Å²) < 4.78 is 13.8. The van der Waals surface area contributed by atoms with Crippen molar-refractivity contribution in [2.75, 3.05) is 18.5 Å². The second-order valence-electron chi connectivity index (χ2n) is 4.37. The number of benzene rings is 2. The highest BCUT2D eigenvalue weighted by Gasteiger charge is 2.18. The highest BCUT2D eigenvalue weighted by molar-refractivity contribution is 6.30. The van der Waals surface area contributed by atoms with Crippen LogP contribution in [0.2, 0.25) is 5.02 Å². The van der Waals surface area contributed by atoms with Crippen LogP contribution in [0.25, 0.3) is 0 Å². The third-order valence-electron chi connectivity index (χ3n) is 3.16. The van der Waals surface area contributed by atoms with Gasteiger partial charge in [0.1, 0.15) is 5.82 Å².